The van der Waals surface area contributed by atoms with E-state index >= 15 is 0 Å². The average molecular weight is 569 g/mol. The number of alkyl halides is 1. The topological polar surface area (TPSA) is 0 Å². The van der Waals surface area contributed by atoms with Gasteiger partial charge in [-0.25, -0.2) is 0 Å². The fourth-order valence-electron chi connectivity index (χ4n) is 3.43. The zero-order valence-electron chi connectivity index (χ0n) is 17.4. The second-order valence-corrected chi connectivity index (χ2v) is 32.2. The van der Waals surface area contributed by atoms with Crippen LogP contribution in [0.1, 0.15) is 78.6 Å². The molecule has 142 valence electrons. The first-order valence-corrected chi connectivity index (χ1v) is 22.9. The second-order valence-electron chi connectivity index (χ2n) is 8.58. The molecular weight excluding hydrogens is 526 g/mol. The van der Waals surface area contributed by atoms with Crippen molar-refractivity contribution in [3.8, 4) is 11.5 Å². The van der Waals surface area contributed by atoms with Gasteiger partial charge in [-0.15, -0.1) is 0 Å². The van der Waals surface area contributed by atoms with E-state index in [1.165, 1.54) is 51.4 Å². The third-order valence-corrected chi connectivity index (χ3v) is 31.6. The Hall–Kier alpha value is 1.31. The Morgan fingerprint density at radius 3 is 1.67 bits per heavy atom. The molecule has 1 atom stereocenters. The molecule has 0 nitrogen and oxygen atoms in total. The van der Waals surface area contributed by atoms with Gasteiger partial charge >= 0.3 is 174 Å². The van der Waals surface area contributed by atoms with E-state index in [0.29, 0.717) is 0 Å². The Morgan fingerprint density at radius 1 is 0.833 bits per heavy atom. The molecule has 0 aromatic rings. The van der Waals surface area contributed by atoms with Gasteiger partial charge in [0.05, 0.1) is 0 Å². The van der Waals surface area contributed by atoms with E-state index in [-0.39, 0.29) is 0 Å². The molecule has 0 aliphatic heterocycles. The predicted molar refractivity (Wildman–Crippen MR) is 128 cm³/mol. The monoisotopic (exact) mass is 570 g/mol. The molecule has 1 unspecified atom stereocenters. The average Bonchev–Trinajstić information content (AvgIpc) is 2.53. The van der Waals surface area contributed by atoms with Crippen molar-refractivity contribution in [1.29, 1.82) is 0 Å². The standard InChI is InChI=1S/C9H16ISi.3C4H9.Sn/c1-11(2,3)9-7-5-4-6-8-10;3*1-3-4-2;/h8H,4-6H2,1-3H3;3*1,3-4H2,2H3;. The van der Waals surface area contributed by atoms with Crippen LogP contribution in [-0.4, -0.2) is 28.4 Å². The van der Waals surface area contributed by atoms with Crippen molar-refractivity contribution >= 4 is 49.0 Å². The molecule has 0 heterocycles. The van der Waals surface area contributed by atoms with Gasteiger partial charge < -0.3 is 0 Å². The van der Waals surface area contributed by atoms with Crippen molar-refractivity contribution in [3.63, 3.8) is 0 Å². The number of hydrogen-bond donors (Lipinski definition) is 0. The number of hydrogen-bond acceptors (Lipinski definition) is 0. The molecule has 0 rings (SSSR count). The molecule has 0 radical (unpaired) electrons. The van der Waals surface area contributed by atoms with E-state index in [1.807, 2.05) is 0 Å². The molecular formula is C21H43ISiSn. The Balaban J connectivity index is 4.77. The molecule has 0 aromatic heterocycles. The Labute approximate surface area is 172 Å². The van der Waals surface area contributed by atoms with Gasteiger partial charge in [0.25, 0.3) is 0 Å². The van der Waals surface area contributed by atoms with E-state index in [0.717, 1.165) is 8.36 Å². The van der Waals surface area contributed by atoms with Gasteiger partial charge in [0.1, 0.15) is 0 Å². The molecule has 0 amide bonds. The van der Waals surface area contributed by atoms with Gasteiger partial charge in [-0.2, -0.15) is 0 Å². The zero-order valence-corrected chi connectivity index (χ0v) is 23.5. The molecule has 0 saturated carbocycles. The Kier molecular flexibility index (Phi) is 15.2. The number of unbranched alkanes of at least 4 members (excludes halogenated alkanes) is 4. The Morgan fingerprint density at radius 2 is 1.29 bits per heavy atom. The van der Waals surface area contributed by atoms with E-state index in [4.69, 9.17) is 0 Å². The molecule has 0 spiro atoms. The van der Waals surface area contributed by atoms with Crippen molar-refractivity contribution in [3.05, 3.63) is 0 Å². The summed E-state index contributed by atoms with van der Waals surface area (Å²) in [5, 5.41) is 0. The number of rotatable bonds is 13. The summed E-state index contributed by atoms with van der Waals surface area (Å²) >= 11 is 0.913. The summed E-state index contributed by atoms with van der Waals surface area (Å²) in [4.78, 5) is 0. The molecule has 0 aromatic carbocycles. The van der Waals surface area contributed by atoms with Gasteiger partial charge in [0, 0.05) is 0 Å². The SMILES string of the molecule is CCC[CH2][Sn]([CH2]CCC)([CH2]CCC)[CH](I)CCCC#C[Si](C)(C)C. The van der Waals surface area contributed by atoms with Crippen LogP contribution in [0.4, 0.5) is 0 Å². The van der Waals surface area contributed by atoms with E-state index in [9.17, 15) is 0 Å². The van der Waals surface area contributed by atoms with Crippen molar-refractivity contribution in [2.75, 3.05) is 0 Å². The first-order chi connectivity index (χ1) is 11.3. The van der Waals surface area contributed by atoms with Crippen LogP contribution >= 0.6 is 22.6 Å². The molecule has 0 aliphatic rings. The first kappa shape index (κ1) is 25.3. The summed E-state index contributed by atoms with van der Waals surface area (Å²) in [5.74, 6) is 3.49. The molecule has 0 saturated heterocycles. The van der Waals surface area contributed by atoms with Gasteiger partial charge in [0.2, 0.25) is 0 Å². The second kappa shape index (κ2) is 14.4. The molecule has 24 heavy (non-hydrogen) atoms. The molecule has 0 aliphatic carbocycles. The van der Waals surface area contributed by atoms with Crippen molar-refractivity contribution in [1.82, 2.24) is 0 Å². The third kappa shape index (κ3) is 11.8. The maximum absolute atomic E-state index is 3.54. The van der Waals surface area contributed by atoms with E-state index in [2.05, 4.69) is 74.5 Å². The van der Waals surface area contributed by atoms with Gasteiger partial charge in [0.15, 0.2) is 0 Å². The molecule has 0 N–H and O–H groups in total. The van der Waals surface area contributed by atoms with Crippen LogP contribution in [0.5, 0.6) is 0 Å². The van der Waals surface area contributed by atoms with Crippen molar-refractivity contribution in [2.45, 2.75) is 113 Å². The molecule has 0 bridgehead atoms. The van der Waals surface area contributed by atoms with Crippen molar-refractivity contribution in [2.24, 2.45) is 0 Å². The summed E-state index contributed by atoms with van der Waals surface area (Å²) in [6.07, 6.45) is 12.6. The van der Waals surface area contributed by atoms with Crippen LogP contribution in [-0.2, 0) is 0 Å². The van der Waals surface area contributed by atoms with Gasteiger partial charge in [-0.1, -0.05) is 0 Å². The molecule has 0 fully saturated rings. The quantitative estimate of drug-likeness (QED) is 0.0690. The van der Waals surface area contributed by atoms with Gasteiger partial charge in [-0.3, -0.25) is 0 Å². The maximum atomic E-state index is 3.54. The van der Waals surface area contributed by atoms with E-state index in [1.54, 1.807) is 13.3 Å². The van der Waals surface area contributed by atoms with Crippen LogP contribution in [0.15, 0.2) is 0 Å². The summed E-state index contributed by atoms with van der Waals surface area (Å²) < 4.78 is 5.99. The first-order valence-electron chi connectivity index (χ1n) is 10.5. The van der Waals surface area contributed by atoms with Crippen LogP contribution in [0, 0.1) is 11.5 Å². The van der Waals surface area contributed by atoms with Crippen molar-refractivity contribution < 1.29 is 0 Å². The van der Waals surface area contributed by atoms with Gasteiger partial charge in [-0.05, 0) is 0 Å². The fourth-order valence-corrected chi connectivity index (χ4v) is 27.0. The van der Waals surface area contributed by atoms with Crippen LogP contribution in [0.2, 0.25) is 33.0 Å². The van der Waals surface area contributed by atoms with Crippen LogP contribution in [0.25, 0.3) is 0 Å². The molecule has 3 heteroatoms. The van der Waals surface area contributed by atoms with Crippen LogP contribution < -0.4 is 0 Å². The summed E-state index contributed by atoms with van der Waals surface area (Å²) in [5.41, 5.74) is 3.54. The minimum absolute atomic E-state index is 1.04. The Bertz CT molecular complexity index is 342. The summed E-state index contributed by atoms with van der Waals surface area (Å²) in [7, 11) is -1.17. The summed E-state index contributed by atoms with van der Waals surface area (Å²) in [6, 6.07) is 0. The van der Waals surface area contributed by atoms with E-state index < -0.39 is 26.5 Å². The minimum atomic E-state index is -1.98. The number of halogens is 1. The zero-order chi connectivity index (χ0) is 18.5. The predicted octanol–water partition coefficient (Wildman–Crippen LogP) is 8.23. The normalized spacial score (nSPS) is 13.5. The fraction of sp³-hybridized carbons (Fsp3) is 0.905. The summed E-state index contributed by atoms with van der Waals surface area (Å²) in [6.45, 7) is 14.2. The van der Waals surface area contributed by atoms with Crippen LogP contribution in [0.3, 0.4) is 0 Å². The third-order valence-electron chi connectivity index (χ3n) is 4.97.